The molecule has 2 aromatic rings. The summed E-state index contributed by atoms with van der Waals surface area (Å²) in [5, 5.41) is 3.44. The zero-order chi connectivity index (χ0) is 12.3. The Morgan fingerprint density at radius 3 is 2.59 bits per heavy atom. The Kier molecular flexibility index (Phi) is 3.79. The minimum Gasteiger partial charge on any atom is -0.354 e. The highest BCUT2D eigenvalue weighted by molar-refractivity contribution is 9.10. The van der Waals surface area contributed by atoms with Crippen molar-refractivity contribution >= 4 is 27.3 Å². The number of nitrogens with one attached hydrogen (secondary N) is 1. The third-order valence-electron chi connectivity index (χ3n) is 2.62. The molecule has 0 bridgehead atoms. The van der Waals surface area contributed by atoms with Crippen molar-refractivity contribution < 1.29 is 0 Å². The number of anilines is 2. The third-order valence-corrected chi connectivity index (χ3v) is 3.26. The van der Waals surface area contributed by atoms with Crippen molar-refractivity contribution in [2.75, 3.05) is 5.32 Å². The molecule has 0 unspecified atom stereocenters. The van der Waals surface area contributed by atoms with Crippen LogP contribution in [0.5, 0.6) is 0 Å². The number of benzene rings is 1. The summed E-state index contributed by atoms with van der Waals surface area (Å²) >= 11 is 3.49. The Bertz CT molecular complexity index is 509. The van der Waals surface area contributed by atoms with Crippen molar-refractivity contribution in [3.63, 3.8) is 0 Å². The number of rotatable bonds is 3. The normalized spacial score (nSPS) is 10.6. The molecule has 88 valence electrons. The second-order valence-electron chi connectivity index (χ2n) is 4.22. The Balaban J connectivity index is 2.34. The SMILES string of the molecule is CC(C)c1ccccc1Nc1ccncc1Br. The van der Waals surface area contributed by atoms with Crippen LogP contribution in [0.15, 0.2) is 47.2 Å². The first-order valence-electron chi connectivity index (χ1n) is 5.64. The van der Waals surface area contributed by atoms with Crippen molar-refractivity contribution in [1.29, 1.82) is 0 Å². The van der Waals surface area contributed by atoms with E-state index in [9.17, 15) is 0 Å². The lowest BCUT2D eigenvalue weighted by Crippen LogP contribution is -1.98. The molecule has 2 rings (SSSR count). The van der Waals surface area contributed by atoms with Crippen LogP contribution in [-0.2, 0) is 0 Å². The smallest absolute Gasteiger partial charge is 0.0593 e. The summed E-state index contributed by atoms with van der Waals surface area (Å²) in [7, 11) is 0. The molecular formula is C14H15BrN2. The van der Waals surface area contributed by atoms with E-state index in [1.807, 2.05) is 12.1 Å². The molecule has 0 saturated heterocycles. The molecular weight excluding hydrogens is 276 g/mol. The summed E-state index contributed by atoms with van der Waals surface area (Å²) in [5.41, 5.74) is 3.50. The Hall–Kier alpha value is -1.35. The van der Waals surface area contributed by atoms with E-state index in [0.29, 0.717) is 5.92 Å². The van der Waals surface area contributed by atoms with E-state index in [1.54, 1.807) is 12.4 Å². The monoisotopic (exact) mass is 290 g/mol. The fraction of sp³-hybridized carbons (Fsp3) is 0.214. The second-order valence-corrected chi connectivity index (χ2v) is 5.08. The summed E-state index contributed by atoms with van der Waals surface area (Å²) < 4.78 is 0.971. The summed E-state index contributed by atoms with van der Waals surface area (Å²) in [5.74, 6) is 0.499. The first-order chi connectivity index (χ1) is 8.18. The first kappa shape index (κ1) is 12.1. The summed E-state index contributed by atoms with van der Waals surface area (Å²) in [6.07, 6.45) is 3.57. The molecule has 0 saturated carbocycles. The second kappa shape index (κ2) is 5.32. The number of nitrogens with zero attached hydrogens (tertiary/aromatic N) is 1. The van der Waals surface area contributed by atoms with Gasteiger partial charge < -0.3 is 5.32 Å². The lowest BCUT2D eigenvalue weighted by atomic mass is 10.0. The van der Waals surface area contributed by atoms with E-state index >= 15 is 0 Å². The van der Waals surface area contributed by atoms with E-state index in [1.165, 1.54) is 5.56 Å². The molecule has 2 nitrogen and oxygen atoms in total. The van der Waals surface area contributed by atoms with Crippen molar-refractivity contribution in [2.45, 2.75) is 19.8 Å². The summed E-state index contributed by atoms with van der Waals surface area (Å²) in [6, 6.07) is 10.3. The van der Waals surface area contributed by atoms with Gasteiger partial charge in [-0.1, -0.05) is 32.0 Å². The molecule has 0 aliphatic heterocycles. The van der Waals surface area contributed by atoms with Crippen molar-refractivity contribution in [1.82, 2.24) is 4.98 Å². The number of hydrogen-bond donors (Lipinski definition) is 1. The van der Waals surface area contributed by atoms with Crippen molar-refractivity contribution in [3.8, 4) is 0 Å². The Morgan fingerprint density at radius 1 is 1.12 bits per heavy atom. The van der Waals surface area contributed by atoms with E-state index in [4.69, 9.17) is 0 Å². The lowest BCUT2D eigenvalue weighted by molar-refractivity contribution is 0.869. The number of halogens is 1. The molecule has 0 fully saturated rings. The highest BCUT2D eigenvalue weighted by atomic mass is 79.9. The van der Waals surface area contributed by atoms with E-state index in [2.05, 4.69) is 58.3 Å². The summed E-state index contributed by atoms with van der Waals surface area (Å²) in [4.78, 5) is 4.06. The van der Waals surface area contributed by atoms with E-state index in [-0.39, 0.29) is 0 Å². The van der Waals surface area contributed by atoms with Crippen molar-refractivity contribution in [3.05, 3.63) is 52.8 Å². The van der Waals surface area contributed by atoms with Crippen LogP contribution in [0.4, 0.5) is 11.4 Å². The molecule has 0 atom stereocenters. The fourth-order valence-corrected chi connectivity index (χ4v) is 2.09. The molecule has 0 aliphatic carbocycles. The summed E-state index contributed by atoms with van der Waals surface area (Å²) in [6.45, 7) is 4.39. The largest absolute Gasteiger partial charge is 0.354 e. The predicted octanol–water partition coefficient (Wildman–Crippen LogP) is 4.71. The molecule has 1 aromatic heterocycles. The van der Waals surface area contributed by atoms with Crippen LogP contribution >= 0.6 is 15.9 Å². The first-order valence-corrected chi connectivity index (χ1v) is 6.43. The van der Waals surface area contributed by atoms with E-state index < -0.39 is 0 Å². The van der Waals surface area contributed by atoms with Crippen LogP contribution in [0.2, 0.25) is 0 Å². The molecule has 1 N–H and O–H groups in total. The molecule has 0 aliphatic rings. The topological polar surface area (TPSA) is 24.9 Å². The number of para-hydroxylation sites is 1. The van der Waals surface area contributed by atoms with Gasteiger partial charge >= 0.3 is 0 Å². The zero-order valence-electron chi connectivity index (χ0n) is 9.94. The third kappa shape index (κ3) is 2.86. The Morgan fingerprint density at radius 2 is 1.88 bits per heavy atom. The lowest BCUT2D eigenvalue weighted by Gasteiger charge is -2.15. The average Bonchev–Trinajstić information content (AvgIpc) is 2.32. The van der Waals surface area contributed by atoms with Crippen LogP contribution in [-0.4, -0.2) is 4.98 Å². The van der Waals surface area contributed by atoms with E-state index in [0.717, 1.165) is 15.8 Å². The fourth-order valence-electron chi connectivity index (χ4n) is 1.74. The van der Waals surface area contributed by atoms with Gasteiger partial charge in [-0.15, -0.1) is 0 Å². The zero-order valence-corrected chi connectivity index (χ0v) is 11.5. The molecule has 3 heteroatoms. The van der Waals surface area contributed by atoms with Crippen LogP contribution in [0.1, 0.15) is 25.3 Å². The van der Waals surface area contributed by atoms with Crippen molar-refractivity contribution in [2.24, 2.45) is 0 Å². The van der Waals surface area contributed by atoms with Gasteiger partial charge in [-0.25, -0.2) is 0 Å². The van der Waals surface area contributed by atoms with Crippen LogP contribution in [0.25, 0.3) is 0 Å². The molecule has 0 spiro atoms. The maximum atomic E-state index is 4.06. The molecule has 0 amide bonds. The van der Waals surface area contributed by atoms with Gasteiger partial charge in [-0.05, 0) is 39.5 Å². The highest BCUT2D eigenvalue weighted by Gasteiger charge is 2.07. The quantitative estimate of drug-likeness (QED) is 0.885. The molecule has 1 heterocycles. The highest BCUT2D eigenvalue weighted by Crippen LogP contribution is 2.29. The van der Waals surface area contributed by atoms with Gasteiger partial charge in [0, 0.05) is 18.1 Å². The van der Waals surface area contributed by atoms with Crippen LogP contribution in [0.3, 0.4) is 0 Å². The molecule has 0 radical (unpaired) electrons. The van der Waals surface area contributed by atoms with Crippen LogP contribution in [0, 0.1) is 0 Å². The standard InChI is InChI=1S/C14H15BrN2/c1-10(2)11-5-3-4-6-13(11)17-14-7-8-16-9-12(14)15/h3-10H,1-2H3,(H,16,17). The number of hydrogen-bond acceptors (Lipinski definition) is 2. The number of pyridine rings is 1. The van der Waals surface area contributed by atoms with Gasteiger partial charge in [0.25, 0.3) is 0 Å². The average molecular weight is 291 g/mol. The van der Waals surface area contributed by atoms with Gasteiger partial charge in [0.2, 0.25) is 0 Å². The van der Waals surface area contributed by atoms with Gasteiger partial charge in [-0.2, -0.15) is 0 Å². The van der Waals surface area contributed by atoms with Gasteiger partial charge in [-0.3, -0.25) is 4.98 Å². The van der Waals surface area contributed by atoms with Gasteiger partial charge in [0.05, 0.1) is 10.2 Å². The number of aromatic nitrogens is 1. The van der Waals surface area contributed by atoms with Crippen LogP contribution < -0.4 is 5.32 Å². The molecule has 1 aromatic carbocycles. The van der Waals surface area contributed by atoms with Gasteiger partial charge in [0.1, 0.15) is 0 Å². The van der Waals surface area contributed by atoms with Gasteiger partial charge in [0.15, 0.2) is 0 Å². The minimum absolute atomic E-state index is 0.499. The predicted molar refractivity (Wildman–Crippen MR) is 75.8 cm³/mol. The maximum Gasteiger partial charge on any atom is 0.0593 e. The molecule has 17 heavy (non-hydrogen) atoms. The minimum atomic E-state index is 0.499. The maximum absolute atomic E-state index is 4.06. The Labute approximate surface area is 110 Å².